The van der Waals surface area contributed by atoms with Gasteiger partial charge in [0.2, 0.25) is 0 Å². The van der Waals surface area contributed by atoms with E-state index in [1.807, 2.05) is 0 Å². The topological polar surface area (TPSA) is 54.5 Å². The van der Waals surface area contributed by atoms with Crippen LogP contribution in [0.1, 0.15) is 12.5 Å². The Labute approximate surface area is 112 Å². The van der Waals surface area contributed by atoms with Crippen LogP contribution in [0.2, 0.25) is 0 Å². The highest BCUT2D eigenvalue weighted by atomic mass is 79.9. The fraction of sp³-hybridized carbons (Fsp3) is 0.154. The van der Waals surface area contributed by atoms with E-state index in [0.717, 1.165) is 10.5 Å². The Morgan fingerprint density at radius 2 is 1.83 bits per heavy atom. The van der Waals surface area contributed by atoms with Gasteiger partial charge in [0.05, 0.1) is 10.2 Å². The summed E-state index contributed by atoms with van der Waals surface area (Å²) in [5.41, 5.74) is 1.36. The number of anilines is 1. The van der Waals surface area contributed by atoms with Crippen LogP contribution in [0.4, 0.5) is 5.69 Å². The van der Waals surface area contributed by atoms with E-state index in [2.05, 4.69) is 15.9 Å². The molecular formula is C13H10BrNO3. The lowest BCUT2D eigenvalue weighted by molar-refractivity contribution is -0.120. The molecule has 0 bridgehead atoms. The number of nitrogens with zero attached hydrogens (tertiary/aromatic N) is 1. The van der Waals surface area contributed by atoms with Gasteiger partial charge in [0.1, 0.15) is 5.78 Å². The predicted octanol–water partition coefficient (Wildman–Crippen LogP) is 1.97. The first-order valence-electron chi connectivity index (χ1n) is 5.33. The number of benzene rings is 1. The highest BCUT2D eigenvalue weighted by Crippen LogP contribution is 2.25. The zero-order valence-electron chi connectivity index (χ0n) is 9.64. The molecule has 0 N–H and O–H groups in total. The average Bonchev–Trinajstić information content (AvgIpc) is 2.54. The van der Waals surface area contributed by atoms with E-state index in [0.29, 0.717) is 12.1 Å². The van der Waals surface area contributed by atoms with E-state index in [1.165, 1.54) is 13.0 Å². The molecule has 92 valence electrons. The molecule has 0 saturated carbocycles. The summed E-state index contributed by atoms with van der Waals surface area (Å²) in [7, 11) is 0. The summed E-state index contributed by atoms with van der Waals surface area (Å²) in [6, 6.07) is 6.80. The lowest BCUT2D eigenvalue weighted by Gasteiger charge is -2.14. The van der Waals surface area contributed by atoms with Gasteiger partial charge in [0, 0.05) is 12.5 Å². The zero-order chi connectivity index (χ0) is 13.3. The molecule has 0 fully saturated rings. The molecular weight excluding hydrogens is 298 g/mol. The average molecular weight is 308 g/mol. The van der Waals surface area contributed by atoms with Crippen LogP contribution >= 0.6 is 15.9 Å². The molecule has 0 radical (unpaired) electrons. The number of hydrogen-bond donors (Lipinski definition) is 0. The maximum absolute atomic E-state index is 11.7. The number of carbonyl (C=O) groups excluding carboxylic acids is 3. The van der Waals surface area contributed by atoms with E-state index in [9.17, 15) is 14.4 Å². The first-order chi connectivity index (χ1) is 8.49. The number of amides is 2. The van der Waals surface area contributed by atoms with Crippen LogP contribution in [0.5, 0.6) is 0 Å². The fourth-order valence-electron chi connectivity index (χ4n) is 1.74. The number of ketones is 1. The van der Waals surface area contributed by atoms with Crippen molar-refractivity contribution in [3.05, 3.63) is 40.4 Å². The zero-order valence-corrected chi connectivity index (χ0v) is 11.2. The summed E-state index contributed by atoms with van der Waals surface area (Å²) in [4.78, 5) is 35.4. The molecule has 1 aliphatic rings. The number of rotatable bonds is 3. The quantitative estimate of drug-likeness (QED) is 0.802. The Hall–Kier alpha value is -1.75. The molecule has 0 atom stereocenters. The fourth-order valence-corrected chi connectivity index (χ4v) is 2.11. The van der Waals surface area contributed by atoms with Gasteiger partial charge in [-0.25, -0.2) is 4.90 Å². The van der Waals surface area contributed by atoms with E-state index < -0.39 is 0 Å². The SMILES string of the molecule is CC(=O)Cc1ccc(N2C(=O)C=C(Br)C2=O)cc1. The monoisotopic (exact) mass is 307 g/mol. The molecule has 2 amide bonds. The van der Waals surface area contributed by atoms with Gasteiger partial charge in [0.15, 0.2) is 0 Å². The second kappa shape index (κ2) is 4.86. The minimum absolute atomic E-state index is 0.0699. The Morgan fingerprint density at radius 1 is 1.22 bits per heavy atom. The van der Waals surface area contributed by atoms with Gasteiger partial charge in [-0.3, -0.25) is 14.4 Å². The third-order valence-corrected chi connectivity index (χ3v) is 3.09. The Balaban J connectivity index is 2.23. The molecule has 18 heavy (non-hydrogen) atoms. The predicted molar refractivity (Wildman–Crippen MR) is 70.3 cm³/mol. The summed E-state index contributed by atoms with van der Waals surface area (Å²) in [5, 5.41) is 0. The normalized spacial score (nSPS) is 15.0. The second-order valence-electron chi connectivity index (χ2n) is 4.02. The number of Topliss-reactive ketones (excluding diaryl/α,β-unsaturated/α-hetero) is 1. The molecule has 0 saturated heterocycles. The molecule has 1 aromatic rings. The molecule has 1 heterocycles. The summed E-state index contributed by atoms with van der Waals surface area (Å²) in [6.07, 6.45) is 1.59. The van der Waals surface area contributed by atoms with Gasteiger partial charge in [-0.2, -0.15) is 0 Å². The van der Waals surface area contributed by atoms with Gasteiger partial charge in [0.25, 0.3) is 11.8 Å². The lowest BCUT2D eigenvalue weighted by atomic mass is 10.1. The number of halogens is 1. The molecule has 0 aromatic heterocycles. The maximum atomic E-state index is 11.7. The van der Waals surface area contributed by atoms with Gasteiger partial charge < -0.3 is 0 Å². The van der Waals surface area contributed by atoms with Crippen LogP contribution in [-0.4, -0.2) is 17.6 Å². The van der Waals surface area contributed by atoms with E-state index in [1.54, 1.807) is 24.3 Å². The van der Waals surface area contributed by atoms with Crippen LogP contribution in [-0.2, 0) is 20.8 Å². The second-order valence-corrected chi connectivity index (χ2v) is 4.87. The molecule has 4 nitrogen and oxygen atoms in total. The molecule has 0 aliphatic carbocycles. The minimum Gasteiger partial charge on any atom is -0.300 e. The standard InChI is InChI=1S/C13H10BrNO3/c1-8(16)6-9-2-4-10(5-3-9)15-12(17)7-11(14)13(15)18/h2-5,7H,6H2,1H3. The van der Waals surface area contributed by atoms with Crippen LogP contribution in [0.25, 0.3) is 0 Å². The molecule has 5 heteroatoms. The van der Waals surface area contributed by atoms with E-state index >= 15 is 0 Å². The first-order valence-corrected chi connectivity index (χ1v) is 6.12. The van der Waals surface area contributed by atoms with Gasteiger partial charge in [-0.15, -0.1) is 0 Å². The highest BCUT2D eigenvalue weighted by molar-refractivity contribution is 9.12. The Bertz CT molecular complexity index is 560. The van der Waals surface area contributed by atoms with Crippen LogP contribution in [0.3, 0.4) is 0 Å². The highest BCUT2D eigenvalue weighted by Gasteiger charge is 2.30. The lowest BCUT2D eigenvalue weighted by Crippen LogP contribution is -2.30. The molecule has 2 rings (SSSR count). The van der Waals surface area contributed by atoms with Crippen molar-refractivity contribution in [2.45, 2.75) is 13.3 Å². The van der Waals surface area contributed by atoms with Crippen molar-refractivity contribution in [1.29, 1.82) is 0 Å². The third-order valence-electron chi connectivity index (χ3n) is 2.53. The number of hydrogen-bond acceptors (Lipinski definition) is 3. The first kappa shape index (κ1) is 12.7. The minimum atomic E-state index is -0.376. The molecule has 1 aliphatic heterocycles. The number of imide groups is 1. The van der Waals surface area contributed by atoms with E-state index in [4.69, 9.17) is 0 Å². The van der Waals surface area contributed by atoms with Crippen molar-refractivity contribution in [2.24, 2.45) is 0 Å². The van der Waals surface area contributed by atoms with Crippen molar-refractivity contribution in [3.8, 4) is 0 Å². The molecule has 0 unspecified atom stereocenters. The molecule has 0 spiro atoms. The van der Waals surface area contributed by atoms with Crippen LogP contribution in [0.15, 0.2) is 34.8 Å². The van der Waals surface area contributed by atoms with Crippen LogP contribution < -0.4 is 4.90 Å². The number of carbonyl (C=O) groups is 3. The van der Waals surface area contributed by atoms with Crippen molar-refractivity contribution in [2.75, 3.05) is 4.90 Å². The van der Waals surface area contributed by atoms with E-state index in [-0.39, 0.29) is 22.1 Å². The Kier molecular flexibility index (Phi) is 3.43. The summed E-state index contributed by atoms with van der Waals surface area (Å²) < 4.78 is 0.250. The van der Waals surface area contributed by atoms with Crippen molar-refractivity contribution >= 4 is 39.2 Å². The van der Waals surface area contributed by atoms with Gasteiger partial charge in [-0.05, 0) is 40.5 Å². The Morgan fingerprint density at radius 3 is 2.28 bits per heavy atom. The summed E-state index contributed by atoms with van der Waals surface area (Å²) in [5.74, 6) is -0.675. The maximum Gasteiger partial charge on any atom is 0.272 e. The summed E-state index contributed by atoms with van der Waals surface area (Å²) in [6.45, 7) is 1.52. The van der Waals surface area contributed by atoms with Crippen molar-refractivity contribution < 1.29 is 14.4 Å². The van der Waals surface area contributed by atoms with Gasteiger partial charge >= 0.3 is 0 Å². The third kappa shape index (κ3) is 2.41. The van der Waals surface area contributed by atoms with Crippen molar-refractivity contribution in [3.63, 3.8) is 0 Å². The van der Waals surface area contributed by atoms with Crippen LogP contribution in [0, 0.1) is 0 Å². The molecule has 1 aromatic carbocycles. The van der Waals surface area contributed by atoms with Crippen molar-refractivity contribution in [1.82, 2.24) is 0 Å². The summed E-state index contributed by atoms with van der Waals surface area (Å²) >= 11 is 3.03. The smallest absolute Gasteiger partial charge is 0.272 e. The largest absolute Gasteiger partial charge is 0.300 e. The van der Waals surface area contributed by atoms with Gasteiger partial charge in [-0.1, -0.05) is 12.1 Å².